The normalized spacial score (nSPS) is 14.0. The highest BCUT2D eigenvalue weighted by Crippen LogP contribution is 2.43. The standard InChI is InChI=1S/C55H94NO8P/c1-3-5-7-9-11-13-15-17-19-21-23-24-25-26-27-28-30-31-33-35-37-39-41-43-45-47-54(57)61-51-53(52-63-65(59,60)62-50-49-56)64-55(58)48-46-44-42-40-38-36-34-32-29-22-20-18-16-14-12-10-8-6-4-2/h6,8,12,14-15,17-18,20-21,23,29,32,36,38,42,44,53H,3-5,7,9-11,13,16,19,22,24-28,30-31,33-35,37,39-41,43,45-52,56H2,1-2H3,(H,59,60)/b8-6-,14-12-,17-15-,20-18-,23-21-,32-29-,38-36-,44-42-. The van der Waals surface area contributed by atoms with Crippen molar-refractivity contribution in [1.29, 1.82) is 0 Å². The Balaban J connectivity index is 4.13. The predicted molar refractivity (Wildman–Crippen MR) is 275 cm³/mol. The highest BCUT2D eigenvalue weighted by Gasteiger charge is 2.25. The van der Waals surface area contributed by atoms with Crippen LogP contribution in [0.2, 0.25) is 0 Å². The third-order valence-electron chi connectivity index (χ3n) is 10.5. The van der Waals surface area contributed by atoms with Gasteiger partial charge in [0.05, 0.1) is 13.2 Å². The van der Waals surface area contributed by atoms with Crippen molar-refractivity contribution in [2.45, 2.75) is 213 Å². The van der Waals surface area contributed by atoms with Gasteiger partial charge >= 0.3 is 19.8 Å². The SMILES string of the molecule is CC/C=C\C/C=C\C/C=C\C/C=C\C/C=C\C/C=C\CCC(=O)OC(COC(=O)CCCCCCCCCCCCCCC/C=C\C/C=C\CCCCCCC)COP(=O)(O)OCCN. The van der Waals surface area contributed by atoms with Crippen molar-refractivity contribution in [3.8, 4) is 0 Å². The van der Waals surface area contributed by atoms with Crippen molar-refractivity contribution in [3.05, 3.63) is 97.2 Å². The quantitative estimate of drug-likeness (QED) is 0.0265. The Kier molecular flexibility index (Phi) is 48.0. The molecule has 0 aliphatic rings. The Morgan fingerprint density at radius 3 is 1.32 bits per heavy atom. The summed E-state index contributed by atoms with van der Waals surface area (Å²) in [5.41, 5.74) is 5.36. The van der Waals surface area contributed by atoms with Crippen LogP contribution in [0.25, 0.3) is 0 Å². The first kappa shape index (κ1) is 61.9. The van der Waals surface area contributed by atoms with Gasteiger partial charge < -0.3 is 20.1 Å². The molecule has 2 atom stereocenters. The lowest BCUT2D eigenvalue weighted by Crippen LogP contribution is -2.29. The van der Waals surface area contributed by atoms with Gasteiger partial charge in [0.2, 0.25) is 0 Å². The Morgan fingerprint density at radius 2 is 0.877 bits per heavy atom. The van der Waals surface area contributed by atoms with Crippen LogP contribution in [0.15, 0.2) is 97.2 Å². The summed E-state index contributed by atoms with van der Waals surface area (Å²) < 4.78 is 32.8. The average Bonchev–Trinajstić information content (AvgIpc) is 3.30. The van der Waals surface area contributed by atoms with Crippen molar-refractivity contribution in [2.24, 2.45) is 5.73 Å². The molecule has 0 amide bonds. The summed E-state index contributed by atoms with van der Waals surface area (Å²) in [6.07, 6.45) is 66.1. The van der Waals surface area contributed by atoms with Crippen molar-refractivity contribution in [1.82, 2.24) is 0 Å². The molecule has 0 aromatic carbocycles. The first-order chi connectivity index (χ1) is 31.8. The van der Waals surface area contributed by atoms with Crippen molar-refractivity contribution in [2.75, 3.05) is 26.4 Å². The molecule has 0 heterocycles. The average molecular weight is 928 g/mol. The molecule has 0 aromatic heterocycles. The number of allylic oxidation sites excluding steroid dienone is 16. The molecular weight excluding hydrogens is 834 g/mol. The van der Waals surface area contributed by atoms with Gasteiger partial charge in [-0.25, -0.2) is 4.57 Å². The van der Waals surface area contributed by atoms with Crippen LogP contribution >= 0.6 is 7.82 Å². The van der Waals surface area contributed by atoms with Gasteiger partial charge in [-0.05, 0) is 83.5 Å². The van der Waals surface area contributed by atoms with Crippen LogP contribution in [-0.2, 0) is 32.7 Å². The van der Waals surface area contributed by atoms with E-state index < -0.39 is 32.5 Å². The lowest BCUT2D eigenvalue weighted by Gasteiger charge is -2.19. The highest BCUT2D eigenvalue weighted by atomic mass is 31.2. The molecule has 0 radical (unpaired) electrons. The van der Waals surface area contributed by atoms with Gasteiger partial charge in [0.25, 0.3) is 0 Å². The number of ether oxygens (including phenoxy) is 2. The van der Waals surface area contributed by atoms with E-state index in [-0.39, 0.29) is 32.6 Å². The predicted octanol–water partition coefficient (Wildman–Crippen LogP) is 15.7. The summed E-state index contributed by atoms with van der Waals surface area (Å²) in [4.78, 5) is 35.0. The smallest absolute Gasteiger partial charge is 0.462 e. The fourth-order valence-electron chi connectivity index (χ4n) is 6.69. The van der Waals surface area contributed by atoms with Crippen molar-refractivity contribution >= 4 is 19.8 Å². The summed E-state index contributed by atoms with van der Waals surface area (Å²) in [6, 6.07) is 0. The number of esters is 2. The monoisotopic (exact) mass is 928 g/mol. The third kappa shape index (κ3) is 50.2. The van der Waals surface area contributed by atoms with E-state index in [1.165, 1.54) is 109 Å². The number of nitrogens with two attached hydrogens (primary N) is 1. The molecule has 0 fully saturated rings. The maximum atomic E-state index is 12.6. The lowest BCUT2D eigenvalue weighted by atomic mass is 10.0. The molecule has 0 bridgehead atoms. The Hall–Kier alpha value is -3.07. The van der Waals surface area contributed by atoms with Gasteiger partial charge in [-0.2, -0.15) is 0 Å². The zero-order chi connectivity index (χ0) is 47.4. The molecule has 0 aliphatic carbocycles. The molecule has 0 aromatic rings. The minimum atomic E-state index is -4.41. The number of phosphoric ester groups is 1. The number of rotatable bonds is 47. The number of hydrogen-bond donors (Lipinski definition) is 2. The molecule has 0 spiro atoms. The minimum absolute atomic E-state index is 0.0373. The van der Waals surface area contributed by atoms with E-state index in [0.29, 0.717) is 6.42 Å². The number of unbranched alkanes of at least 4 members (excludes halogenated alkanes) is 18. The Morgan fingerprint density at radius 1 is 0.477 bits per heavy atom. The van der Waals surface area contributed by atoms with E-state index in [4.69, 9.17) is 24.3 Å². The van der Waals surface area contributed by atoms with Gasteiger partial charge in [-0.3, -0.25) is 18.6 Å². The van der Waals surface area contributed by atoms with E-state index in [0.717, 1.165) is 64.2 Å². The summed E-state index contributed by atoms with van der Waals surface area (Å²) in [7, 11) is -4.41. The highest BCUT2D eigenvalue weighted by molar-refractivity contribution is 7.47. The van der Waals surface area contributed by atoms with E-state index in [9.17, 15) is 19.0 Å². The lowest BCUT2D eigenvalue weighted by molar-refractivity contribution is -0.161. The number of phosphoric acid groups is 1. The second-order valence-corrected chi connectivity index (χ2v) is 18.1. The molecule has 9 nitrogen and oxygen atoms in total. The molecule has 2 unspecified atom stereocenters. The second-order valence-electron chi connectivity index (χ2n) is 16.7. The zero-order valence-corrected chi connectivity index (χ0v) is 42.1. The number of carbonyl (C=O) groups excluding carboxylic acids is 2. The topological polar surface area (TPSA) is 134 Å². The molecule has 0 saturated carbocycles. The molecule has 10 heteroatoms. The first-order valence-corrected chi connectivity index (χ1v) is 27.2. The van der Waals surface area contributed by atoms with Crippen LogP contribution in [-0.4, -0.2) is 49.3 Å². The van der Waals surface area contributed by atoms with E-state index >= 15 is 0 Å². The van der Waals surface area contributed by atoms with Gasteiger partial charge in [-0.15, -0.1) is 0 Å². The first-order valence-electron chi connectivity index (χ1n) is 25.7. The molecule has 0 saturated heterocycles. The molecule has 0 aliphatic heterocycles. The van der Waals surface area contributed by atoms with Crippen LogP contribution in [0, 0.1) is 0 Å². The molecule has 65 heavy (non-hydrogen) atoms. The Bertz CT molecular complexity index is 1380. The van der Waals surface area contributed by atoms with Gasteiger partial charge in [0.15, 0.2) is 6.10 Å². The van der Waals surface area contributed by atoms with Gasteiger partial charge in [-0.1, -0.05) is 207 Å². The van der Waals surface area contributed by atoms with Crippen molar-refractivity contribution < 1.29 is 37.6 Å². The van der Waals surface area contributed by atoms with Crippen LogP contribution in [0.3, 0.4) is 0 Å². The largest absolute Gasteiger partial charge is 0.472 e. The molecular formula is C55H94NO8P. The summed E-state index contributed by atoms with van der Waals surface area (Å²) in [6.45, 7) is 3.52. The molecule has 0 rings (SSSR count). The van der Waals surface area contributed by atoms with Crippen LogP contribution < -0.4 is 5.73 Å². The Labute approximate surface area is 397 Å². The van der Waals surface area contributed by atoms with E-state index in [2.05, 4.69) is 98.9 Å². The maximum absolute atomic E-state index is 12.6. The third-order valence-corrected chi connectivity index (χ3v) is 11.5. The second kappa shape index (κ2) is 50.3. The molecule has 372 valence electrons. The van der Waals surface area contributed by atoms with E-state index in [1.807, 2.05) is 12.2 Å². The molecule has 3 N–H and O–H groups in total. The van der Waals surface area contributed by atoms with Gasteiger partial charge in [0.1, 0.15) is 6.61 Å². The van der Waals surface area contributed by atoms with Crippen LogP contribution in [0.1, 0.15) is 206 Å². The van der Waals surface area contributed by atoms with E-state index in [1.54, 1.807) is 0 Å². The summed E-state index contributed by atoms with van der Waals surface area (Å²) in [5.74, 6) is -0.931. The fourth-order valence-corrected chi connectivity index (χ4v) is 7.46. The zero-order valence-electron chi connectivity index (χ0n) is 41.2. The van der Waals surface area contributed by atoms with Crippen LogP contribution in [0.5, 0.6) is 0 Å². The summed E-state index contributed by atoms with van der Waals surface area (Å²) >= 11 is 0. The fraction of sp³-hybridized carbons (Fsp3) is 0.673. The minimum Gasteiger partial charge on any atom is -0.462 e. The van der Waals surface area contributed by atoms with Gasteiger partial charge in [0, 0.05) is 19.4 Å². The maximum Gasteiger partial charge on any atom is 0.472 e. The van der Waals surface area contributed by atoms with Crippen molar-refractivity contribution in [3.63, 3.8) is 0 Å². The summed E-state index contributed by atoms with van der Waals surface area (Å²) in [5, 5.41) is 0. The number of carbonyl (C=O) groups is 2. The van der Waals surface area contributed by atoms with Crippen LogP contribution in [0.4, 0.5) is 0 Å². The number of hydrogen-bond acceptors (Lipinski definition) is 8.